The molecular formula is C20H17FN2O4. The summed E-state index contributed by atoms with van der Waals surface area (Å²) in [4.78, 5) is 38.6. The van der Waals surface area contributed by atoms with Crippen LogP contribution in [-0.2, 0) is 4.74 Å². The van der Waals surface area contributed by atoms with Gasteiger partial charge in [0.25, 0.3) is 17.7 Å². The van der Waals surface area contributed by atoms with E-state index in [1.165, 1.54) is 35.2 Å². The van der Waals surface area contributed by atoms with Gasteiger partial charge in [-0.1, -0.05) is 6.07 Å². The van der Waals surface area contributed by atoms with Crippen molar-refractivity contribution in [2.75, 3.05) is 18.5 Å². The number of hydrogen-bond acceptors (Lipinski definition) is 4. The van der Waals surface area contributed by atoms with Crippen LogP contribution in [0.4, 0.5) is 10.1 Å². The molecule has 0 aromatic heterocycles. The lowest BCUT2D eigenvalue weighted by Gasteiger charge is -2.17. The summed E-state index contributed by atoms with van der Waals surface area (Å²) in [5, 5.41) is 2.63. The van der Waals surface area contributed by atoms with Crippen molar-refractivity contribution in [3.05, 3.63) is 65.0 Å². The normalized spacial score (nSPS) is 18.7. The zero-order chi connectivity index (χ0) is 19.0. The second-order valence-corrected chi connectivity index (χ2v) is 6.58. The minimum atomic E-state index is -0.512. The van der Waals surface area contributed by atoms with Crippen LogP contribution >= 0.6 is 0 Å². The largest absolute Gasteiger partial charge is 0.376 e. The molecule has 1 atom stereocenters. The number of nitrogens with zero attached hydrogens (tertiary/aromatic N) is 1. The summed E-state index contributed by atoms with van der Waals surface area (Å²) in [7, 11) is 0. The minimum absolute atomic E-state index is 0.126. The maximum Gasteiger partial charge on any atom is 0.261 e. The lowest BCUT2D eigenvalue weighted by molar-refractivity contribution is 0.0475. The molecule has 2 heterocycles. The molecule has 1 fully saturated rings. The third kappa shape index (κ3) is 3.33. The fourth-order valence-corrected chi connectivity index (χ4v) is 3.36. The Morgan fingerprint density at radius 1 is 1.15 bits per heavy atom. The summed E-state index contributed by atoms with van der Waals surface area (Å²) in [6.45, 7) is 0.876. The highest BCUT2D eigenvalue weighted by Gasteiger charge is 2.37. The van der Waals surface area contributed by atoms with Crippen molar-refractivity contribution in [1.82, 2.24) is 4.90 Å². The van der Waals surface area contributed by atoms with Gasteiger partial charge in [0, 0.05) is 17.9 Å². The van der Waals surface area contributed by atoms with Gasteiger partial charge in [0.15, 0.2) is 0 Å². The number of benzene rings is 2. The molecule has 2 aromatic rings. The van der Waals surface area contributed by atoms with Gasteiger partial charge >= 0.3 is 0 Å². The smallest absolute Gasteiger partial charge is 0.261 e. The molecule has 2 aliphatic rings. The zero-order valence-electron chi connectivity index (χ0n) is 14.4. The van der Waals surface area contributed by atoms with Crippen molar-refractivity contribution in [3.8, 4) is 0 Å². The summed E-state index contributed by atoms with van der Waals surface area (Å²) >= 11 is 0. The summed E-state index contributed by atoms with van der Waals surface area (Å²) in [6.07, 6.45) is 1.62. The van der Waals surface area contributed by atoms with Gasteiger partial charge in [-0.15, -0.1) is 0 Å². The van der Waals surface area contributed by atoms with E-state index >= 15 is 0 Å². The number of carbonyl (C=O) groups is 3. The van der Waals surface area contributed by atoms with Gasteiger partial charge in [-0.3, -0.25) is 19.3 Å². The zero-order valence-corrected chi connectivity index (χ0v) is 14.4. The molecule has 0 bridgehead atoms. The molecule has 1 saturated heterocycles. The number of nitrogens with one attached hydrogen (secondary N) is 1. The van der Waals surface area contributed by atoms with Crippen LogP contribution in [0, 0.1) is 5.82 Å². The highest BCUT2D eigenvalue weighted by Crippen LogP contribution is 2.27. The molecule has 4 rings (SSSR count). The Morgan fingerprint density at radius 2 is 1.96 bits per heavy atom. The van der Waals surface area contributed by atoms with Gasteiger partial charge in [-0.25, -0.2) is 4.39 Å². The van der Waals surface area contributed by atoms with Gasteiger partial charge < -0.3 is 10.1 Å². The minimum Gasteiger partial charge on any atom is -0.376 e. The van der Waals surface area contributed by atoms with Gasteiger partial charge in [-0.05, 0) is 49.2 Å². The second kappa shape index (κ2) is 6.92. The molecule has 0 aliphatic carbocycles. The molecule has 0 spiro atoms. The molecule has 3 amide bonds. The first-order chi connectivity index (χ1) is 13.0. The van der Waals surface area contributed by atoms with Gasteiger partial charge in [-0.2, -0.15) is 0 Å². The molecular weight excluding hydrogens is 351 g/mol. The third-order valence-corrected chi connectivity index (χ3v) is 4.73. The summed E-state index contributed by atoms with van der Waals surface area (Å²) < 4.78 is 18.8. The Bertz CT molecular complexity index is 937. The van der Waals surface area contributed by atoms with E-state index in [0.717, 1.165) is 18.9 Å². The maximum absolute atomic E-state index is 13.3. The van der Waals surface area contributed by atoms with Crippen molar-refractivity contribution in [2.24, 2.45) is 0 Å². The van der Waals surface area contributed by atoms with Crippen LogP contribution in [0.25, 0.3) is 0 Å². The molecule has 1 unspecified atom stereocenters. The highest BCUT2D eigenvalue weighted by atomic mass is 19.1. The topological polar surface area (TPSA) is 75.7 Å². The number of rotatable bonds is 4. The van der Waals surface area contributed by atoms with E-state index in [9.17, 15) is 18.8 Å². The number of hydrogen-bond donors (Lipinski definition) is 1. The summed E-state index contributed by atoms with van der Waals surface area (Å²) in [5.74, 6) is -1.76. The summed E-state index contributed by atoms with van der Waals surface area (Å²) in [5.41, 5.74) is 1.08. The average molecular weight is 368 g/mol. The van der Waals surface area contributed by atoms with Crippen LogP contribution in [0.15, 0.2) is 42.5 Å². The lowest BCUT2D eigenvalue weighted by Crippen LogP contribution is -2.36. The van der Waals surface area contributed by atoms with E-state index in [0.29, 0.717) is 17.9 Å². The van der Waals surface area contributed by atoms with E-state index in [1.807, 2.05) is 0 Å². The Morgan fingerprint density at radius 3 is 2.70 bits per heavy atom. The number of ether oxygens (including phenoxy) is 1. The molecule has 0 radical (unpaired) electrons. The number of halogens is 1. The van der Waals surface area contributed by atoms with E-state index in [-0.39, 0.29) is 29.7 Å². The van der Waals surface area contributed by atoms with E-state index < -0.39 is 17.6 Å². The second-order valence-electron chi connectivity index (χ2n) is 6.58. The van der Waals surface area contributed by atoms with Crippen molar-refractivity contribution in [1.29, 1.82) is 0 Å². The Labute approximate surface area is 154 Å². The monoisotopic (exact) mass is 368 g/mol. The van der Waals surface area contributed by atoms with Gasteiger partial charge in [0.1, 0.15) is 5.82 Å². The SMILES string of the molecule is O=C(Nc1ccc2c(c1)C(=O)N(CC1CCCO1)C2=O)c1cccc(F)c1. The number of amides is 3. The quantitative estimate of drug-likeness (QED) is 0.842. The fraction of sp³-hybridized carbons (Fsp3) is 0.250. The van der Waals surface area contributed by atoms with Crippen LogP contribution in [0.3, 0.4) is 0 Å². The first kappa shape index (κ1) is 17.4. The molecule has 6 nitrogen and oxygen atoms in total. The Kier molecular flexibility index (Phi) is 4.45. The predicted molar refractivity (Wildman–Crippen MR) is 95.1 cm³/mol. The fourth-order valence-electron chi connectivity index (χ4n) is 3.36. The van der Waals surface area contributed by atoms with Crippen molar-refractivity contribution >= 4 is 23.4 Å². The highest BCUT2D eigenvalue weighted by molar-refractivity contribution is 6.22. The molecule has 27 heavy (non-hydrogen) atoms. The standard InChI is InChI=1S/C20H17FN2O4/c21-13-4-1-3-12(9-13)18(24)22-14-6-7-16-17(10-14)20(26)23(19(16)25)11-15-5-2-8-27-15/h1,3-4,6-7,9-10,15H,2,5,8,11H2,(H,22,24). The van der Waals surface area contributed by atoms with E-state index in [4.69, 9.17) is 4.74 Å². The molecule has 138 valence electrons. The third-order valence-electron chi connectivity index (χ3n) is 4.73. The Balaban J connectivity index is 1.53. The first-order valence-electron chi connectivity index (χ1n) is 8.72. The molecule has 2 aromatic carbocycles. The maximum atomic E-state index is 13.3. The van der Waals surface area contributed by atoms with E-state index in [2.05, 4.69) is 5.32 Å². The number of anilines is 1. The van der Waals surface area contributed by atoms with Crippen LogP contribution in [0.1, 0.15) is 43.9 Å². The number of imide groups is 1. The van der Waals surface area contributed by atoms with Crippen molar-refractivity contribution < 1.29 is 23.5 Å². The Hall–Kier alpha value is -3.06. The van der Waals surface area contributed by atoms with Crippen LogP contribution in [0.2, 0.25) is 0 Å². The van der Waals surface area contributed by atoms with Crippen LogP contribution in [0.5, 0.6) is 0 Å². The summed E-state index contributed by atoms with van der Waals surface area (Å²) in [6, 6.07) is 9.85. The predicted octanol–water partition coefficient (Wildman–Crippen LogP) is 2.85. The van der Waals surface area contributed by atoms with Gasteiger partial charge in [0.05, 0.1) is 23.8 Å². The number of fused-ring (bicyclic) bond motifs is 1. The molecule has 2 aliphatic heterocycles. The average Bonchev–Trinajstić information content (AvgIpc) is 3.25. The van der Waals surface area contributed by atoms with E-state index in [1.54, 1.807) is 6.07 Å². The van der Waals surface area contributed by atoms with Crippen molar-refractivity contribution in [2.45, 2.75) is 18.9 Å². The molecule has 0 saturated carbocycles. The first-order valence-corrected chi connectivity index (χ1v) is 8.72. The van der Waals surface area contributed by atoms with Crippen LogP contribution < -0.4 is 5.32 Å². The lowest BCUT2D eigenvalue weighted by atomic mass is 10.1. The molecule has 1 N–H and O–H groups in total. The van der Waals surface area contributed by atoms with Gasteiger partial charge in [0.2, 0.25) is 0 Å². The van der Waals surface area contributed by atoms with Crippen molar-refractivity contribution in [3.63, 3.8) is 0 Å². The molecule has 7 heteroatoms. The van der Waals surface area contributed by atoms with Crippen LogP contribution in [-0.4, -0.2) is 41.9 Å². The number of carbonyl (C=O) groups excluding carboxylic acids is 3.